The Morgan fingerprint density at radius 2 is 1.96 bits per heavy atom. The highest BCUT2D eigenvalue weighted by Crippen LogP contribution is 2.57. The molecular weight excluding hydrogens is 672 g/mol. The van der Waals surface area contributed by atoms with Crippen molar-refractivity contribution in [2.75, 3.05) is 27.2 Å². The van der Waals surface area contributed by atoms with E-state index in [1.54, 1.807) is 29.5 Å². The standard InChI is InChI=1S/C32H34F3N5O6S2/c1-39-10-6-4-3-5-7-18-15-31(18,29(42)43)16-22(41)21-13-19(8-11-40(21)30(39)44)46-25-14-20(26-23(45-2)9-12-47-26)36-27(38-25)28-37-24(17-48-28)32(33,34)35/h5,7,9,12,14,17-19,21H,3-4,6,8,10-11,13,15-16H2,1-2H3,(H,42,43)/b7-5-/t18-,19+,21+,31-/m1/s1. The van der Waals surface area contributed by atoms with E-state index in [2.05, 4.69) is 15.0 Å². The number of carboxylic acid groups (broad SMARTS) is 1. The number of carbonyl (C=O) groups excluding carboxylic acids is 2. The highest BCUT2D eigenvalue weighted by atomic mass is 32.1. The number of aliphatic carboxylic acids is 1. The molecule has 2 fully saturated rings. The van der Waals surface area contributed by atoms with Crippen LogP contribution in [0.5, 0.6) is 11.6 Å². The van der Waals surface area contributed by atoms with Crippen molar-refractivity contribution in [2.24, 2.45) is 11.3 Å². The predicted molar refractivity (Wildman–Crippen MR) is 171 cm³/mol. The van der Waals surface area contributed by atoms with Crippen LogP contribution in [0.25, 0.3) is 21.4 Å². The van der Waals surface area contributed by atoms with Crippen molar-refractivity contribution in [1.29, 1.82) is 0 Å². The van der Waals surface area contributed by atoms with E-state index < -0.39 is 35.4 Å². The van der Waals surface area contributed by atoms with Crippen LogP contribution in [-0.4, -0.2) is 87.0 Å². The Balaban J connectivity index is 1.31. The van der Waals surface area contributed by atoms with E-state index >= 15 is 0 Å². The number of ether oxygens (including phenoxy) is 2. The number of carbonyl (C=O) groups is 3. The van der Waals surface area contributed by atoms with Gasteiger partial charge < -0.3 is 24.4 Å². The van der Waals surface area contributed by atoms with E-state index in [-0.39, 0.29) is 53.8 Å². The second kappa shape index (κ2) is 13.5. The monoisotopic (exact) mass is 705 g/mol. The van der Waals surface area contributed by atoms with Crippen molar-refractivity contribution in [3.05, 3.63) is 40.7 Å². The molecule has 6 rings (SSSR count). The summed E-state index contributed by atoms with van der Waals surface area (Å²) in [5.41, 5.74) is -1.91. The van der Waals surface area contributed by atoms with E-state index in [4.69, 9.17) is 9.47 Å². The van der Waals surface area contributed by atoms with Crippen LogP contribution in [0.15, 0.2) is 35.0 Å². The number of halogens is 3. The maximum atomic E-state index is 13.9. The van der Waals surface area contributed by atoms with Gasteiger partial charge in [-0.1, -0.05) is 12.2 Å². The largest absolute Gasteiger partial charge is 0.495 e. The first-order chi connectivity index (χ1) is 22.9. The Morgan fingerprint density at radius 1 is 1.15 bits per heavy atom. The van der Waals surface area contributed by atoms with Gasteiger partial charge in [0, 0.05) is 50.8 Å². The number of nitrogens with zero attached hydrogens (tertiary/aromatic N) is 5. The summed E-state index contributed by atoms with van der Waals surface area (Å²) in [6, 6.07) is 2.05. The van der Waals surface area contributed by atoms with Gasteiger partial charge in [-0.2, -0.15) is 18.2 Å². The topological polar surface area (TPSA) is 135 Å². The van der Waals surface area contributed by atoms with Crippen LogP contribution in [0, 0.1) is 11.3 Å². The zero-order valence-electron chi connectivity index (χ0n) is 26.2. The maximum absolute atomic E-state index is 13.9. The van der Waals surface area contributed by atoms with Crippen LogP contribution in [0.1, 0.15) is 50.6 Å². The molecule has 1 saturated carbocycles. The minimum absolute atomic E-state index is 0.0544. The summed E-state index contributed by atoms with van der Waals surface area (Å²) in [7, 11) is 3.18. The van der Waals surface area contributed by atoms with Crippen molar-refractivity contribution in [3.63, 3.8) is 0 Å². The Hall–Kier alpha value is -4.05. The fourth-order valence-electron chi connectivity index (χ4n) is 6.32. The van der Waals surface area contributed by atoms with Gasteiger partial charge in [0.15, 0.2) is 22.3 Å². The highest BCUT2D eigenvalue weighted by Gasteiger charge is 2.60. The predicted octanol–water partition coefficient (Wildman–Crippen LogP) is 6.41. The number of thiophene rings is 1. The number of Topliss-reactive ketones (excluding diaryl/α,β-unsaturated/α-hetero) is 1. The van der Waals surface area contributed by atoms with Crippen molar-refractivity contribution in [1.82, 2.24) is 24.8 Å². The van der Waals surface area contributed by atoms with Gasteiger partial charge in [0.1, 0.15) is 11.9 Å². The second-order valence-electron chi connectivity index (χ2n) is 12.3. The zero-order valence-corrected chi connectivity index (χ0v) is 27.9. The SMILES string of the molecule is COc1ccsc1-c1cc(O[C@H]2CCN3C(=O)N(C)CCCC/C=C\[C@@H]4C[C@@]4(C(=O)O)CC(=O)[C@@H]3C2)nc(-c2nc(C(F)(F)F)cs2)n1. The van der Waals surface area contributed by atoms with E-state index in [9.17, 15) is 32.7 Å². The number of rotatable bonds is 6. The summed E-state index contributed by atoms with van der Waals surface area (Å²) in [5, 5.41) is 12.7. The first kappa shape index (κ1) is 33.8. The minimum Gasteiger partial charge on any atom is -0.495 e. The van der Waals surface area contributed by atoms with Crippen LogP contribution in [-0.2, 0) is 15.8 Å². The van der Waals surface area contributed by atoms with Gasteiger partial charge in [0.25, 0.3) is 0 Å². The van der Waals surface area contributed by atoms with Crippen LogP contribution in [0.4, 0.5) is 18.0 Å². The average Bonchev–Trinajstić information content (AvgIpc) is 3.39. The Morgan fingerprint density at radius 3 is 2.69 bits per heavy atom. The van der Waals surface area contributed by atoms with Gasteiger partial charge in [-0.25, -0.2) is 14.8 Å². The Kier molecular flexibility index (Phi) is 9.48. The molecular formula is C32H34F3N5O6S2. The van der Waals surface area contributed by atoms with Crippen molar-refractivity contribution in [2.45, 2.75) is 63.3 Å². The van der Waals surface area contributed by atoms with Gasteiger partial charge in [0.2, 0.25) is 5.88 Å². The summed E-state index contributed by atoms with van der Waals surface area (Å²) >= 11 is 2.07. The summed E-state index contributed by atoms with van der Waals surface area (Å²) in [6.45, 7) is 0.691. The van der Waals surface area contributed by atoms with Gasteiger partial charge in [-0.05, 0) is 43.0 Å². The third-order valence-corrected chi connectivity index (χ3v) is 10.8. The lowest BCUT2D eigenvalue weighted by Gasteiger charge is -2.40. The molecule has 3 aromatic rings. The molecule has 4 atom stereocenters. The molecule has 2 amide bonds. The number of methoxy groups -OCH3 is 1. The van der Waals surface area contributed by atoms with Crippen molar-refractivity contribution in [3.8, 4) is 33.0 Å². The smallest absolute Gasteiger partial charge is 0.434 e. The molecule has 0 bridgehead atoms. The molecule has 1 saturated heterocycles. The third-order valence-electron chi connectivity index (χ3n) is 9.09. The van der Waals surface area contributed by atoms with Crippen LogP contribution < -0.4 is 9.47 Å². The molecule has 0 unspecified atom stereocenters. The Labute approximate surface area is 282 Å². The fourth-order valence-corrected chi connectivity index (χ4v) is 7.90. The molecule has 3 aliphatic rings. The van der Waals surface area contributed by atoms with Gasteiger partial charge >= 0.3 is 18.2 Å². The number of fused-ring (bicyclic) bond motifs is 2. The number of alkyl halides is 3. The summed E-state index contributed by atoms with van der Waals surface area (Å²) in [5.74, 6) is -1.14. The number of hydrogen-bond donors (Lipinski definition) is 1. The van der Waals surface area contributed by atoms with Crippen molar-refractivity contribution < 1.29 is 42.1 Å². The number of thiazole rings is 1. The lowest BCUT2D eigenvalue weighted by atomic mass is 9.88. The number of urea groups is 1. The minimum atomic E-state index is -4.64. The lowest BCUT2D eigenvalue weighted by Crippen LogP contribution is -2.56. The number of amides is 2. The molecule has 0 radical (unpaired) electrons. The molecule has 0 spiro atoms. The van der Waals surface area contributed by atoms with Crippen molar-refractivity contribution >= 4 is 40.5 Å². The number of carboxylic acids is 1. The zero-order chi connectivity index (χ0) is 34.2. The number of allylic oxidation sites excluding steroid dienone is 2. The quantitative estimate of drug-likeness (QED) is 0.289. The number of ketones is 1. The van der Waals surface area contributed by atoms with Gasteiger partial charge in [0.05, 0.1) is 29.1 Å². The van der Waals surface area contributed by atoms with E-state index in [0.717, 1.165) is 36.0 Å². The molecule has 0 aromatic carbocycles. The molecule has 2 aliphatic heterocycles. The second-order valence-corrected chi connectivity index (χ2v) is 14.1. The fraction of sp³-hybridized carbons (Fsp3) is 0.500. The molecule has 1 N–H and O–H groups in total. The molecule has 3 aromatic heterocycles. The normalized spacial score (nSPS) is 25.9. The average molecular weight is 706 g/mol. The first-order valence-electron chi connectivity index (χ1n) is 15.5. The van der Waals surface area contributed by atoms with E-state index in [1.165, 1.54) is 23.3 Å². The summed E-state index contributed by atoms with van der Waals surface area (Å²) in [4.78, 5) is 56.2. The van der Waals surface area contributed by atoms with Crippen LogP contribution in [0.2, 0.25) is 0 Å². The third kappa shape index (κ3) is 6.90. The summed E-state index contributed by atoms with van der Waals surface area (Å²) < 4.78 is 51.9. The van der Waals surface area contributed by atoms with Gasteiger partial charge in [-0.3, -0.25) is 9.59 Å². The first-order valence-corrected chi connectivity index (χ1v) is 17.3. The highest BCUT2D eigenvalue weighted by molar-refractivity contribution is 7.14. The molecule has 1 aliphatic carbocycles. The van der Waals surface area contributed by atoms with Crippen LogP contribution in [0.3, 0.4) is 0 Å². The molecule has 5 heterocycles. The maximum Gasteiger partial charge on any atom is 0.434 e. The summed E-state index contributed by atoms with van der Waals surface area (Å²) in [6.07, 6.45) is 1.55. The van der Waals surface area contributed by atoms with E-state index in [0.29, 0.717) is 35.7 Å². The number of aromatic nitrogens is 3. The van der Waals surface area contributed by atoms with Gasteiger partial charge in [-0.15, -0.1) is 22.7 Å². The molecule has 256 valence electrons. The number of hydrogen-bond acceptors (Lipinski definition) is 10. The molecule has 11 nitrogen and oxygen atoms in total. The molecule has 48 heavy (non-hydrogen) atoms. The lowest BCUT2D eigenvalue weighted by molar-refractivity contribution is -0.146. The van der Waals surface area contributed by atoms with Crippen LogP contribution >= 0.6 is 22.7 Å². The number of piperidine rings is 1. The van der Waals surface area contributed by atoms with E-state index in [1.807, 2.05) is 12.2 Å². The Bertz CT molecular complexity index is 1730. The molecule has 16 heteroatoms.